The highest BCUT2D eigenvalue weighted by atomic mass is 35.5. The number of nitrogens with one attached hydrogen (secondary N) is 1. The van der Waals surface area contributed by atoms with E-state index in [-0.39, 0.29) is 5.91 Å². The summed E-state index contributed by atoms with van der Waals surface area (Å²) in [5.74, 6) is -0.269. The van der Waals surface area contributed by atoms with Crippen LogP contribution in [-0.2, 0) is 0 Å². The van der Waals surface area contributed by atoms with Crippen LogP contribution in [0.1, 0.15) is 47.6 Å². The molecule has 4 nitrogen and oxygen atoms in total. The van der Waals surface area contributed by atoms with Crippen LogP contribution in [0.15, 0.2) is 47.8 Å². The first kappa shape index (κ1) is 14.9. The number of aromatic nitrogens is 1. The quantitative estimate of drug-likeness (QED) is 0.672. The standard InChI is InChI=1S/C17H18ClN3O/c18-15-5-3-4-14(10-15)17(22)20-19-11-13-8-9-21(12-13)16-6-1-2-7-16/h3-5,8-12,16H,1-2,6-7H2,(H,20,22)/b19-11-. The maximum Gasteiger partial charge on any atom is 0.271 e. The lowest BCUT2D eigenvalue weighted by atomic mass is 10.2. The molecule has 1 amide bonds. The highest BCUT2D eigenvalue weighted by molar-refractivity contribution is 6.30. The van der Waals surface area contributed by atoms with Crippen molar-refractivity contribution in [3.63, 3.8) is 0 Å². The van der Waals surface area contributed by atoms with Crippen molar-refractivity contribution in [3.8, 4) is 0 Å². The van der Waals surface area contributed by atoms with Gasteiger partial charge in [0.15, 0.2) is 0 Å². The summed E-state index contributed by atoms with van der Waals surface area (Å²) in [6.45, 7) is 0. The molecule has 0 aliphatic heterocycles. The Bertz CT molecular complexity index is 687. The van der Waals surface area contributed by atoms with Crippen LogP contribution in [-0.4, -0.2) is 16.7 Å². The Morgan fingerprint density at radius 3 is 2.91 bits per heavy atom. The molecule has 0 radical (unpaired) electrons. The van der Waals surface area contributed by atoms with Crippen LogP contribution in [0, 0.1) is 0 Å². The average molecular weight is 316 g/mol. The van der Waals surface area contributed by atoms with E-state index >= 15 is 0 Å². The molecule has 2 aromatic rings. The molecule has 1 heterocycles. The van der Waals surface area contributed by atoms with E-state index in [1.165, 1.54) is 25.7 Å². The summed E-state index contributed by atoms with van der Waals surface area (Å²) in [4.78, 5) is 11.9. The Labute approximate surface area is 134 Å². The van der Waals surface area contributed by atoms with E-state index in [2.05, 4.69) is 27.5 Å². The Balaban J connectivity index is 1.59. The summed E-state index contributed by atoms with van der Waals surface area (Å²) in [6, 6.07) is 9.41. The molecule has 1 fully saturated rings. The molecule has 1 aliphatic carbocycles. The van der Waals surface area contributed by atoms with Gasteiger partial charge in [-0.2, -0.15) is 5.10 Å². The van der Waals surface area contributed by atoms with Crippen LogP contribution in [0.3, 0.4) is 0 Å². The maximum atomic E-state index is 11.9. The molecule has 0 atom stereocenters. The number of amides is 1. The van der Waals surface area contributed by atoms with E-state index in [1.54, 1.807) is 30.5 Å². The van der Waals surface area contributed by atoms with Crippen molar-refractivity contribution in [3.05, 3.63) is 58.9 Å². The summed E-state index contributed by atoms with van der Waals surface area (Å²) in [5, 5.41) is 4.54. The minimum Gasteiger partial charge on any atom is -0.351 e. The minimum atomic E-state index is -0.269. The van der Waals surface area contributed by atoms with Crippen LogP contribution in [0.2, 0.25) is 5.02 Å². The zero-order chi connectivity index (χ0) is 15.4. The number of rotatable bonds is 4. The molecular weight excluding hydrogens is 298 g/mol. The summed E-state index contributed by atoms with van der Waals surface area (Å²) < 4.78 is 2.24. The van der Waals surface area contributed by atoms with Gasteiger partial charge in [-0.1, -0.05) is 30.5 Å². The first-order valence-corrected chi connectivity index (χ1v) is 7.86. The Kier molecular flexibility index (Phi) is 4.59. The van der Waals surface area contributed by atoms with Crippen LogP contribution in [0.5, 0.6) is 0 Å². The summed E-state index contributed by atoms with van der Waals surface area (Å²) in [5.41, 5.74) is 3.99. The second kappa shape index (κ2) is 6.79. The smallest absolute Gasteiger partial charge is 0.271 e. The number of hydrazone groups is 1. The van der Waals surface area contributed by atoms with Gasteiger partial charge < -0.3 is 4.57 Å². The Hall–Kier alpha value is -2.07. The van der Waals surface area contributed by atoms with E-state index in [4.69, 9.17) is 11.6 Å². The van der Waals surface area contributed by atoms with Gasteiger partial charge in [-0.25, -0.2) is 5.43 Å². The second-order valence-electron chi connectivity index (χ2n) is 5.54. The Morgan fingerprint density at radius 1 is 1.32 bits per heavy atom. The number of hydrogen-bond acceptors (Lipinski definition) is 2. The fourth-order valence-corrected chi connectivity index (χ4v) is 2.99. The van der Waals surface area contributed by atoms with E-state index in [0.717, 1.165) is 5.56 Å². The first-order valence-electron chi connectivity index (χ1n) is 7.49. The first-order chi connectivity index (χ1) is 10.7. The lowest BCUT2D eigenvalue weighted by molar-refractivity contribution is 0.0955. The van der Waals surface area contributed by atoms with Crippen LogP contribution in [0.25, 0.3) is 0 Å². The molecule has 3 rings (SSSR count). The Morgan fingerprint density at radius 2 is 2.14 bits per heavy atom. The van der Waals surface area contributed by atoms with Crippen molar-refractivity contribution in [1.29, 1.82) is 0 Å². The van der Waals surface area contributed by atoms with E-state index < -0.39 is 0 Å². The molecule has 1 aliphatic rings. The number of halogens is 1. The van der Waals surface area contributed by atoms with Crippen molar-refractivity contribution in [2.75, 3.05) is 0 Å². The number of nitrogens with zero attached hydrogens (tertiary/aromatic N) is 2. The monoisotopic (exact) mass is 315 g/mol. The molecule has 0 bridgehead atoms. The molecule has 0 unspecified atom stereocenters. The van der Waals surface area contributed by atoms with E-state index in [1.807, 2.05) is 6.07 Å². The molecule has 0 saturated heterocycles. The molecule has 1 saturated carbocycles. The SMILES string of the molecule is O=C(N/N=C\c1ccn(C2CCCC2)c1)c1cccc(Cl)c1. The van der Waals surface area contributed by atoms with Crippen molar-refractivity contribution in [2.24, 2.45) is 5.10 Å². The van der Waals surface area contributed by atoms with Crippen molar-refractivity contribution < 1.29 is 4.79 Å². The van der Waals surface area contributed by atoms with Crippen LogP contribution >= 0.6 is 11.6 Å². The van der Waals surface area contributed by atoms with Gasteiger partial charge in [0.25, 0.3) is 5.91 Å². The van der Waals surface area contributed by atoms with Gasteiger partial charge in [-0.3, -0.25) is 4.79 Å². The van der Waals surface area contributed by atoms with Gasteiger partial charge in [0.2, 0.25) is 0 Å². The van der Waals surface area contributed by atoms with E-state index in [0.29, 0.717) is 16.6 Å². The lowest BCUT2D eigenvalue weighted by Crippen LogP contribution is -2.17. The maximum absolute atomic E-state index is 11.9. The van der Waals surface area contributed by atoms with Gasteiger partial charge in [-0.05, 0) is 37.1 Å². The second-order valence-corrected chi connectivity index (χ2v) is 5.98. The number of hydrogen-bond donors (Lipinski definition) is 1. The zero-order valence-electron chi connectivity index (χ0n) is 12.2. The highest BCUT2D eigenvalue weighted by Gasteiger charge is 2.15. The molecule has 0 spiro atoms. The van der Waals surface area contributed by atoms with Crippen LogP contribution in [0.4, 0.5) is 0 Å². The molecule has 114 valence electrons. The number of carbonyl (C=O) groups is 1. The van der Waals surface area contributed by atoms with Gasteiger partial charge in [0.1, 0.15) is 0 Å². The molecule has 1 aromatic heterocycles. The summed E-state index contributed by atoms with van der Waals surface area (Å²) >= 11 is 5.86. The van der Waals surface area contributed by atoms with Crippen molar-refractivity contribution >= 4 is 23.7 Å². The minimum absolute atomic E-state index is 0.269. The molecular formula is C17H18ClN3O. The largest absolute Gasteiger partial charge is 0.351 e. The average Bonchev–Trinajstić information content (AvgIpc) is 3.18. The molecule has 1 aromatic carbocycles. The highest BCUT2D eigenvalue weighted by Crippen LogP contribution is 2.29. The number of carbonyl (C=O) groups excluding carboxylic acids is 1. The predicted molar refractivity (Wildman–Crippen MR) is 88.4 cm³/mol. The fraction of sp³-hybridized carbons (Fsp3) is 0.294. The molecule has 22 heavy (non-hydrogen) atoms. The van der Waals surface area contributed by atoms with E-state index in [9.17, 15) is 4.79 Å². The number of benzene rings is 1. The van der Waals surface area contributed by atoms with Gasteiger partial charge in [-0.15, -0.1) is 0 Å². The topological polar surface area (TPSA) is 46.4 Å². The third-order valence-corrected chi connectivity index (χ3v) is 4.19. The van der Waals surface area contributed by atoms with Gasteiger partial charge in [0.05, 0.1) is 6.21 Å². The predicted octanol–water partition coefficient (Wildman–Crippen LogP) is 4.02. The fourth-order valence-electron chi connectivity index (χ4n) is 2.80. The van der Waals surface area contributed by atoms with Gasteiger partial charge >= 0.3 is 0 Å². The third kappa shape index (κ3) is 3.57. The third-order valence-electron chi connectivity index (χ3n) is 3.95. The molecule has 1 N–H and O–H groups in total. The van der Waals surface area contributed by atoms with Crippen molar-refractivity contribution in [2.45, 2.75) is 31.7 Å². The molecule has 5 heteroatoms. The summed E-state index contributed by atoms with van der Waals surface area (Å²) in [6.07, 6.45) is 10.9. The van der Waals surface area contributed by atoms with Crippen LogP contribution < -0.4 is 5.43 Å². The van der Waals surface area contributed by atoms with Crippen molar-refractivity contribution in [1.82, 2.24) is 9.99 Å². The van der Waals surface area contributed by atoms with Gasteiger partial charge in [0, 0.05) is 34.6 Å². The summed E-state index contributed by atoms with van der Waals surface area (Å²) in [7, 11) is 0. The zero-order valence-corrected chi connectivity index (χ0v) is 13.0. The normalized spacial score (nSPS) is 15.5. The lowest BCUT2D eigenvalue weighted by Gasteiger charge is -2.10.